The molecule has 1 aliphatic heterocycles. The molecule has 0 bridgehead atoms. The van der Waals surface area contributed by atoms with Crippen molar-refractivity contribution in [2.45, 2.75) is 19.4 Å². The maximum Gasteiger partial charge on any atom is 0.354 e. The number of benzene rings is 1. The Kier molecular flexibility index (Phi) is 4.04. The quantitative estimate of drug-likeness (QED) is 0.499. The molecule has 1 aliphatic rings. The summed E-state index contributed by atoms with van der Waals surface area (Å²) in [5.41, 5.74) is 2.47. The maximum atomic E-state index is 11.7. The van der Waals surface area contributed by atoms with Gasteiger partial charge in [0.2, 0.25) is 5.91 Å². The minimum absolute atomic E-state index is 0.100. The first kappa shape index (κ1) is 13.7. The Morgan fingerprint density at radius 1 is 1.40 bits per heavy atom. The topological polar surface area (TPSA) is 111 Å². The largest absolute Gasteiger partial charge is 0.456 e. The van der Waals surface area contributed by atoms with Crippen molar-refractivity contribution in [2.24, 2.45) is 5.10 Å². The fourth-order valence-corrected chi connectivity index (χ4v) is 1.66. The number of carbonyl (C=O) groups is 2. The number of nitro groups is 1. The minimum Gasteiger partial charge on any atom is -0.456 e. The second-order valence-corrected chi connectivity index (χ2v) is 4.06. The highest BCUT2D eigenvalue weighted by atomic mass is 16.6. The van der Waals surface area contributed by atoms with Gasteiger partial charge in [-0.15, -0.1) is 0 Å². The highest BCUT2D eigenvalue weighted by molar-refractivity contribution is 6.37. The van der Waals surface area contributed by atoms with Crippen LogP contribution in [-0.2, 0) is 20.9 Å². The van der Waals surface area contributed by atoms with Crippen LogP contribution in [0.25, 0.3) is 0 Å². The SMILES string of the molecule is O=C1CCC(C(=O)OCc2ccccc2[N+](=O)[O-])=NN1. The second-order valence-electron chi connectivity index (χ2n) is 4.06. The Bertz CT molecular complexity index is 597. The number of hydrogen-bond acceptors (Lipinski definition) is 6. The Hall–Kier alpha value is -2.77. The standard InChI is InChI=1S/C12H11N3O5/c16-11-6-5-9(13-14-11)12(17)20-7-8-3-1-2-4-10(8)15(18)19/h1-4H,5-7H2,(H,14,16). The average Bonchev–Trinajstić information content (AvgIpc) is 2.45. The number of esters is 1. The monoisotopic (exact) mass is 277 g/mol. The van der Waals surface area contributed by atoms with E-state index in [0.717, 1.165) is 0 Å². The fourth-order valence-electron chi connectivity index (χ4n) is 1.66. The van der Waals surface area contributed by atoms with E-state index in [1.54, 1.807) is 6.07 Å². The van der Waals surface area contributed by atoms with E-state index >= 15 is 0 Å². The van der Waals surface area contributed by atoms with E-state index in [9.17, 15) is 19.7 Å². The van der Waals surface area contributed by atoms with Gasteiger partial charge in [0.05, 0.1) is 10.5 Å². The van der Waals surface area contributed by atoms with Crippen molar-refractivity contribution in [1.29, 1.82) is 0 Å². The molecule has 0 fully saturated rings. The Balaban J connectivity index is 2.01. The summed E-state index contributed by atoms with van der Waals surface area (Å²) in [5.74, 6) is -0.955. The van der Waals surface area contributed by atoms with Crippen LogP contribution in [0.3, 0.4) is 0 Å². The van der Waals surface area contributed by atoms with Crippen molar-refractivity contribution in [3.8, 4) is 0 Å². The lowest BCUT2D eigenvalue weighted by Gasteiger charge is -2.11. The third-order valence-electron chi connectivity index (χ3n) is 2.69. The lowest BCUT2D eigenvalue weighted by molar-refractivity contribution is -0.385. The van der Waals surface area contributed by atoms with E-state index in [1.165, 1.54) is 18.2 Å². The van der Waals surface area contributed by atoms with Crippen LogP contribution in [0.2, 0.25) is 0 Å². The molecule has 2 rings (SSSR count). The summed E-state index contributed by atoms with van der Waals surface area (Å²) < 4.78 is 4.97. The number of carbonyl (C=O) groups excluding carboxylic acids is 2. The maximum absolute atomic E-state index is 11.7. The van der Waals surface area contributed by atoms with Gasteiger partial charge in [-0.3, -0.25) is 14.9 Å². The molecule has 0 unspecified atom stereocenters. The lowest BCUT2D eigenvalue weighted by Crippen LogP contribution is -2.30. The van der Waals surface area contributed by atoms with E-state index < -0.39 is 10.9 Å². The third-order valence-corrected chi connectivity index (χ3v) is 2.69. The van der Waals surface area contributed by atoms with Crippen molar-refractivity contribution in [3.05, 3.63) is 39.9 Å². The second kappa shape index (κ2) is 5.91. The predicted molar refractivity (Wildman–Crippen MR) is 67.7 cm³/mol. The Labute approximate surface area is 113 Å². The summed E-state index contributed by atoms with van der Waals surface area (Å²) in [5, 5.41) is 14.4. The van der Waals surface area contributed by atoms with E-state index in [2.05, 4.69) is 10.5 Å². The molecule has 0 radical (unpaired) electrons. The smallest absolute Gasteiger partial charge is 0.354 e. The first-order valence-electron chi connectivity index (χ1n) is 5.83. The first-order chi connectivity index (χ1) is 9.58. The number of ether oxygens (including phenoxy) is 1. The molecule has 104 valence electrons. The zero-order valence-corrected chi connectivity index (χ0v) is 10.4. The van der Waals surface area contributed by atoms with E-state index in [4.69, 9.17) is 4.74 Å². The molecule has 0 saturated carbocycles. The van der Waals surface area contributed by atoms with Gasteiger partial charge in [0.1, 0.15) is 12.3 Å². The van der Waals surface area contributed by atoms with E-state index in [-0.39, 0.29) is 36.8 Å². The van der Waals surface area contributed by atoms with Crippen LogP contribution in [0, 0.1) is 10.1 Å². The van der Waals surface area contributed by atoms with E-state index in [1.807, 2.05) is 0 Å². The lowest BCUT2D eigenvalue weighted by atomic mass is 10.2. The van der Waals surface area contributed by atoms with Gasteiger partial charge in [0.15, 0.2) is 0 Å². The van der Waals surface area contributed by atoms with Crippen molar-refractivity contribution in [2.75, 3.05) is 0 Å². The van der Waals surface area contributed by atoms with Crippen LogP contribution >= 0.6 is 0 Å². The van der Waals surface area contributed by atoms with Gasteiger partial charge >= 0.3 is 5.97 Å². The molecule has 0 aliphatic carbocycles. The highest BCUT2D eigenvalue weighted by Crippen LogP contribution is 2.18. The highest BCUT2D eigenvalue weighted by Gasteiger charge is 2.21. The number of nitrogens with one attached hydrogen (secondary N) is 1. The number of nitro benzene ring substituents is 1. The number of nitrogens with zero attached hydrogens (tertiary/aromatic N) is 2. The molecule has 0 atom stereocenters. The van der Waals surface area contributed by atoms with Crippen molar-refractivity contribution >= 4 is 23.3 Å². The van der Waals surface area contributed by atoms with E-state index in [0.29, 0.717) is 5.56 Å². The zero-order valence-electron chi connectivity index (χ0n) is 10.4. The molecule has 0 saturated heterocycles. The molecular weight excluding hydrogens is 266 g/mol. The zero-order chi connectivity index (χ0) is 14.5. The van der Waals surface area contributed by atoms with Gasteiger partial charge in [-0.2, -0.15) is 5.10 Å². The molecule has 20 heavy (non-hydrogen) atoms. The van der Waals surface area contributed by atoms with Gasteiger partial charge in [-0.1, -0.05) is 12.1 Å². The summed E-state index contributed by atoms with van der Waals surface area (Å²) in [7, 11) is 0. The van der Waals surface area contributed by atoms with Crippen molar-refractivity contribution in [1.82, 2.24) is 5.43 Å². The Morgan fingerprint density at radius 3 is 2.80 bits per heavy atom. The van der Waals surface area contributed by atoms with Gasteiger partial charge in [0.25, 0.3) is 5.69 Å². The van der Waals surface area contributed by atoms with Crippen LogP contribution in [0.1, 0.15) is 18.4 Å². The predicted octanol–water partition coefficient (Wildman–Crippen LogP) is 0.904. The fraction of sp³-hybridized carbons (Fsp3) is 0.250. The number of hydrazone groups is 1. The van der Waals surface area contributed by atoms with Gasteiger partial charge in [-0.25, -0.2) is 10.2 Å². The van der Waals surface area contributed by atoms with Crippen LogP contribution in [0.5, 0.6) is 0 Å². The van der Waals surface area contributed by atoms with Gasteiger partial charge in [-0.05, 0) is 6.07 Å². The third kappa shape index (κ3) is 3.16. The summed E-state index contributed by atoms with van der Waals surface area (Å²) >= 11 is 0. The number of amides is 1. The molecule has 1 N–H and O–H groups in total. The van der Waals surface area contributed by atoms with Gasteiger partial charge < -0.3 is 4.74 Å². The molecule has 1 aromatic rings. The molecule has 1 aromatic carbocycles. The normalized spacial score (nSPS) is 14.2. The summed E-state index contributed by atoms with van der Waals surface area (Å²) in [6.45, 7) is -0.219. The molecule has 8 nitrogen and oxygen atoms in total. The minimum atomic E-state index is -0.692. The average molecular weight is 277 g/mol. The summed E-state index contributed by atoms with van der Waals surface area (Å²) in [6, 6.07) is 6.00. The molecule has 0 spiro atoms. The molecule has 1 heterocycles. The molecule has 0 aromatic heterocycles. The number of rotatable bonds is 4. The molecule has 8 heteroatoms. The van der Waals surface area contributed by atoms with Crippen molar-refractivity contribution in [3.63, 3.8) is 0 Å². The summed E-state index contributed by atoms with van der Waals surface area (Å²) in [6.07, 6.45) is 0.362. The van der Waals surface area contributed by atoms with Crippen molar-refractivity contribution < 1.29 is 19.2 Å². The van der Waals surface area contributed by atoms with Gasteiger partial charge in [0, 0.05) is 18.9 Å². The number of para-hydroxylation sites is 1. The van der Waals surface area contributed by atoms with Crippen LogP contribution in [0.4, 0.5) is 5.69 Å². The summed E-state index contributed by atoms with van der Waals surface area (Å²) in [4.78, 5) is 32.8. The molecular formula is C12H11N3O5. The Morgan fingerprint density at radius 2 is 2.15 bits per heavy atom. The van der Waals surface area contributed by atoms with Crippen LogP contribution in [-0.4, -0.2) is 22.5 Å². The molecule has 1 amide bonds. The first-order valence-corrected chi connectivity index (χ1v) is 5.83. The van der Waals surface area contributed by atoms with Crippen LogP contribution < -0.4 is 5.43 Å². The number of hydrogen-bond donors (Lipinski definition) is 1. The van der Waals surface area contributed by atoms with Crippen LogP contribution in [0.15, 0.2) is 29.4 Å².